The Morgan fingerprint density at radius 3 is 2.11 bits per heavy atom. The minimum atomic E-state index is -1.69. The normalized spacial score (nSPS) is 57.6. The topological polar surface area (TPSA) is 225 Å². The second-order valence-electron chi connectivity index (χ2n) is 21.3. The van der Waals surface area contributed by atoms with Crippen LogP contribution in [-0.4, -0.2) is 166 Å². The van der Waals surface area contributed by atoms with E-state index in [4.69, 9.17) is 42.6 Å². The van der Waals surface area contributed by atoms with E-state index in [1.807, 2.05) is 0 Å². The van der Waals surface area contributed by atoms with Gasteiger partial charge in [0.15, 0.2) is 24.7 Å². The van der Waals surface area contributed by atoms with Crippen molar-refractivity contribution in [1.82, 2.24) is 0 Å². The van der Waals surface area contributed by atoms with E-state index in [0.717, 1.165) is 45.1 Å². The molecule has 9 rings (SSSR count). The van der Waals surface area contributed by atoms with Gasteiger partial charge in [-0.3, -0.25) is 0 Å². The molecule has 0 aromatic rings. The molecule has 7 N–H and O–H groups in total. The van der Waals surface area contributed by atoms with E-state index in [2.05, 4.69) is 33.8 Å². The predicted octanol–water partition coefficient (Wildman–Crippen LogP) is 1.90. The van der Waals surface area contributed by atoms with E-state index in [1.165, 1.54) is 26.0 Å². The van der Waals surface area contributed by atoms with Crippen LogP contribution >= 0.6 is 0 Å². The van der Waals surface area contributed by atoms with Crippen molar-refractivity contribution in [2.75, 3.05) is 20.3 Å². The van der Waals surface area contributed by atoms with Gasteiger partial charge < -0.3 is 78.4 Å². The van der Waals surface area contributed by atoms with Crippen LogP contribution in [0, 0.1) is 46.3 Å². The summed E-state index contributed by atoms with van der Waals surface area (Å²) in [6, 6.07) is 0. The molecule has 8 fully saturated rings. The summed E-state index contributed by atoms with van der Waals surface area (Å²) in [6.45, 7) is 12.9. The van der Waals surface area contributed by atoms with E-state index in [-0.39, 0.29) is 23.0 Å². The first-order valence-corrected chi connectivity index (χ1v) is 23.6. The molecule has 0 aromatic carbocycles. The molecule has 0 amide bonds. The molecule has 4 aliphatic carbocycles. The molecule has 16 heteroatoms. The molecule has 0 aromatic heterocycles. The number of rotatable bonds is 8. The highest BCUT2D eigenvalue weighted by Crippen LogP contribution is 2.70. The standard InChI is InChI=1S/C46H74O16/c1-20-10-15-46(55-19-20)21(2)31-29(62-46)17-28-26-9-8-24-16-25(11-13-44(24,5)27(26)12-14-45(28,31)6)58-43-40(61-41-35(51)34(50)32(48)22(3)56-41)36(52)38(30(18-47)59-43)60-42-37(53)39(54-7)33(49)23(4)57-42/h8,20-23,25-43,47-53H,9-19H2,1-7H3/t20-,21+,22+,23+,25+,26-,27+,28+,29+,30-,31+,32+,33+,34-,35-,36+,37-,38-,39-,40-,41+,42+,43-,44+,45+,46-/m1/s1. The van der Waals surface area contributed by atoms with Gasteiger partial charge in [-0.15, -0.1) is 0 Å². The Morgan fingerprint density at radius 2 is 1.42 bits per heavy atom. The van der Waals surface area contributed by atoms with E-state index in [0.29, 0.717) is 48.3 Å². The van der Waals surface area contributed by atoms with Crippen LogP contribution in [0.1, 0.15) is 99.3 Å². The number of ether oxygens (including phenoxy) is 9. The molecule has 62 heavy (non-hydrogen) atoms. The zero-order valence-corrected chi connectivity index (χ0v) is 37.4. The lowest BCUT2D eigenvalue weighted by Gasteiger charge is -2.58. The molecular weight excluding hydrogens is 808 g/mol. The van der Waals surface area contributed by atoms with Gasteiger partial charge in [0, 0.05) is 19.4 Å². The molecule has 1 spiro atoms. The molecule has 5 saturated heterocycles. The quantitative estimate of drug-likeness (QED) is 0.173. The van der Waals surface area contributed by atoms with Gasteiger partial charge in [-0.05, 0) is 106 Å². The Labute approximate surface area is 365 Å². The summed E-state index contributed by atoms with van der Waals surface area (Å²) in [4.78, 5) is 0. The van der Waals surface area contributed by atoms with Crippen LogP contribution in [0.2, 0.25) is 0 Å². The van der Waals surface area contributed by atoms with E-state index < -0.39 is 105 Å². The molecule has 5 heterocycles. The molecule has 0 unspecified atom stereocenters. The lowest BCUT2D eigenvalue weighted by atomic mass is 9.47. The number of allylic oxidation sites excluding steroid dienone is 1. The van der Waals surface area contributed by atoms with Gasteiger partial charge in [-0.2, -0.15) is 0 Å². The molecule has 9 aliphatic rings. The fourth-order valence-electron chi connectivity index (χ4n) is 14.2. The van der Waals surface area contributed by atoms with E-state index in [9.17, 15) is 35.7 Å². The Kier molecular flexibility index (Phi) is 12.9. The highest BCUT2D eigenvalue weighted by molar-refractivity contribution is 5.26. The van der Waals surface area contributed by atoms with E-state index in [1.54, 1.807) is 6.92 Å². The van der Waals surface area contributed by atoms with Crippen LogP contribution in [-0.2, 0) is 42.6 Å². The first-order chi connectivity index (χ1) is 29.4. The molecule has 3 saturated carbocycles. The first kappa shape index (κ1) is 46.2. The first-order valence-electron chi connectivity index (χ1n) is 23.6. The summed E-state index contributed by atoms with van der Waals surface area (Å²) in [7, 11) is 1.34. The predicted molar refractivity (Wildman–Crippen MR) is 218 cm³/mol. The minimum absolute atomic E-state index is 0.00764. The zero-order valence-electron chi connectivity index (χ0n) is 37.4. The van der Waals surface area contributed by atoms with Crippen molar-refractivity contribution in [2.24, 2.45) is 46.3 Å². The number of methoxy groups -OCH3 is 1. The Hall–Kier alpha value is -0.900. The third kappa shape index (κ3) is 7.50. The van der Waals surface area contributed by atoms with Crippen LogP contribution in [0.3, 0.4) is 0 Å². The van der Waals surface area contributed by atoms with E-state index >= 15 is 0 Å². The molecule has 0 bridgehead atoms. The minimum Gasteiger partial charge on any atom is -0.394 e. The molecular formula is C46H74O16. The summed E-state index contributed by atoms with van der Waals surface area (Å²) in [5.41, 5.74) is 1.56. The lowest BCUT2D eigenvalue weighted by molar-refractivity contribution is -0.389. The molecule has 0 radical (unpaired) electrons. The highest BCUT2D eigenvalue weighted by Gasteiger charge is 2.69. The van der Waals surface area contributed by atoms with Crippen molar-refractivity contribution in [3.05, 3.63) is 11.6 Å². The Balaban J connectivity index is 0.917. The van der Waals surface area contributed by atoms with Gasteiger partial charge in [0.1, 0.15) is 61.0 Å². The highest BCUT2D eigenvalue weighted by atomic mass is 16.8. The lowest BCUT2D eigenvalue weighted by Crippen LogP contribution is -2.66. The van der Waals surface area contributed by atoms with Crippen molar-refractivity contribution in [2.45, 2.75) is 209 Å². The maximum absolute atomic E-state index is 12.1. The smallest absolute Gasteiger partial charge is 0.187 e. The fraction of sp³-hybridized carbons (Fsp3) is 0.957. The summed E-state index contributed by atoms with van der Waals surface area (Å²) in [5, 5.41) is 76.3. The second kappa shape index (κ2) is 17.3. The second-order valence-corrected chi connectivity index (χ2v) is 21.3. The average molecular weight is 883 g/mol. The van der Waals surface area contributed by atoms with Crippen molar-refractivity contribution in [3.8, 4) is 0 Å². The largest absolute Gasteiger partial charge is 0.394 e. The summed E-state index contributed by atoms with van der Waals surface area (Å²) >= 11 is 0. The monoisotopic (exact) mass is 882 g/mol. The zero-order chi connectivity index (χ0) is 44.2. The van der Waals surface area contributed by atoms with Crippen LogP contribution in [0.4, 0.5) is 0 Å². The Morgan fingerprint density at radius 1 is 0.710 bits per heavy atom. The maximum Gasteiger partial charge on any atom is 0.187 e. The third-order valence-electron chi connectivity index (χ3n) is 17.9. The number of aliphatic hydroxyl groups is 7. The average Bonchev–Trinajstić information content (AvgIpc) is 3.70. The summed E-state index contributed by atoms with van der Waals surface area (Å²) in [6.07, 6.45) is -8.70. The van der Waals surface area contributed by atoms with Gasteiger partial charge in [-0.25, -0.2) is 0 Å². The molecule has 354 valence electrons. The summed E-state index contributed by atoms with van der Waals surface area (Å²) in [5.74, 6) is 2.68. The van der Waals surface area contributed by atoms with Crippen LogP contribution < -0.4 is 0 Å². The number of aliphatic hydroxyl groups excluding tert-OH is 7. The SMILES string of the molecule is CO[C@@H]1[C@@H](O)[C@H](C)O[C@@H](O[C@H]2[C@H](O)[C@@H](O[C@@H]3O[C@@H](C)[C@H](O)[C@@H](O)[C@H]3O)[C@H](O[C@H]3CC[C@@]4(C)C(=CC[C@H]5[C@@H]6C[C@@H]7O[C@]8(CC[C@@H](C)CO8)[C@@H](C)[C@@H]7[C@@]6(C)CC[C@@H]54)C3)O[C@@H]2CO)[C@@H]1O. The van der Waals surface area contributed by atoms with Gasteiger partial charge in [0.25, 0.3) is 0 Å². The van der Waals surface area contributed by atoms with Crippen molar-refractivity contribution in [1.29, 1.82) is 0 Å². The van der Waals surface area contributed by atoms with Gasteiger partial charge in [-0.1, -0.05) is 39.3 Å². The van der Waals surface area contributed by atoms with Crippen molar-refractivity contribution < 1.29 is 78.4 Å². The van der Waals surface area contributed by atoms with Crippen molar-refractivity contribution in [3.63, 3.8) is 0 Å². The number of hydrogen-bond acceptors (Lipinski definition) is 16. The number of hydrogen-bond donors (Lipinski definition) is 7. The van der Waals surface area contributed by atoms with Crippen LogP contribution in [0.15, 0.2) is 11.6 Å². The van der Waals surface area contributed by atoms with Gasteiger partial charge in [0.05, 0.1) is 37.6 Å². The number of fused-ring (bicyclic) bond motifs is 7. The van der Waals surface area contributed by atoms with Crippen LogP contribution in [0.25, 0.3) is 0 Å². The van der Waals surface area contributed by atoms with Gasteiger partial charge in [0.2, 0.25) is 0 Å². The van der Waals surface area contributed by atoms with Gasteiger partial charge >= 0.3 is 0 Å². The third-order valence-corrected chi connectivity index (χ3v) is 17.9. The van der Waals surface area contributed by atoms with Crippen LogP contribution in [0.5, 0.6) is 0 Å². The molecule has 16 nitrogen and oxygen atoms in total. The fourth-order valence-corrected chi connectivity index (χ4v) is 14.2. The van der Waals surface area contributed by atoms with Crippen molar-refractivity contribution >= 4 is 0 Å². The summed E-state index contributed by atoms with van der Waals surface area (Å²) < 4.78 is 56.0. The Bertz CT molecular complexity index is 1610. The molecule has 5 aliphatic heterocycles. The maximum atomic E-state index is 12.1. The molecule has 26 atom stereocenters.